The third-order valence-electron chi connectivity index (χ3n) is 3.50. The van der Waals surface area contributed by atoms with Gasteiger partial charge in [0.25, 0.3) is 0 Å². The number of benzene rings is 1. The summed E-state index contributed by atoms with van der Waals surface area (Å²) in [6.45, 7) is 3.38. The van der Waals surface area contributed by atoms with Crippen molar-refractivity contribution in [3.05, 3.63) is 23.8 Å². The summed E-state index contributed by atoms with van der Waals surface area (Å²) in [4.78, 5) is 0.169. The van der Waals surface area contributed by atoms with Crippen molar-refractivity contribution in [3.63, 3.8) is 0 Å². The first-order valence-corrected chi connectivity index (χ1v) is 8.30. The van der Waals surface area contributed by atoms with E-state index in [0.29, 0.717) is 30.3 Å². The van der Waals surface area contributed by atoms with Crippen molar-refractivity contribution < 1.29 is 13.2 Å². The Kier molecular flexibility index (Phi) is 4.88. The first-order valence-electron chi connectivity index (χ1n) is 6.86. The summed E-state index contributed by atoms with van der Waals surface area (Å²) in [6, 6.07) is 4.92. The lowest BCUT2D eigenvalue weighted by Gasteiger charge is -2.18. The van der Waals surface area contributed by atoms with Gasteiger partial charge < -0.3 is 10.5 Å². The lowest BCUT2D eigenvalue weighted by Crippen LogP contribution is -2.29. The molecule has 1 saturated heterocycles. The zero-order valence-corrected chi connectivity index (χ0v) is 13.1. The summed E-state index contributed by atoms with van der Waals surface area (Å²) in [5.41, 5.74) is 5.96. The highest BCUT2D eigenvalue weighted by molar-refractivity contribution is 7.89. The summed E-state index contributed by atoms with van der Waals surface area (Å²) in [7, 11) is -2.09. The molecule has 2 N–H and O–H groups in total. The van der Waals surface area contributed by atoms with E-state index in [1.807, 2.05) is 0 Å². The van der Waals surface area contributed by atoms with Crippen LogP contribution in [-0.2, 0) is 10.0 Å². The van der Waals surface area contributed by atoms with Crippen LogP contribution in [0, 0.1) is 17.8 Å². The molecule has 1 aliphatic rings. The van der Waals surface area contributed by atoms with Gasteiger partial charge in [-0.15, -0.1) is 0 Å². The number of nitrogens with zero attached hydrogens (tertiary/aromatic N) is 1. The Bertz CT molecular complexity index is 674. The highest BCUT2D eigenvalue weighted by Crippen LogP contribution is 2.30. The average Bonchev–Trinajstić information content (AvgIpc) is 2.92. The molecule has 1 aliphatic heterocycles. The Balaban J connectivity index is 2.45. The molecule has 0 saturated carbocycles. The maximum Gasteiger partial charge on any atom is 0.246 e. The Morgan fingerprint density at radius 3 is 2.81 bits per heavy atom. The molecule has 1 aromatic carbocycles. The van der Waals surface area contributed by atoms with Crippen LogP contribution in [0.3, 0.4) is 0 Å². The summed E-state index contributed by atoms with van der Waals surface area (Å²) >= 11 is 0. The van der Waals surface area contributed by atoms with Crippen molar-refractivity contribution in [2.75, 3.05) is 26.7 Å². The molecule has 1 heterocycles. The lowest BCUT2D eigenvalue weighted by molar-refractivity contribution is 0.397. The van der Waals surface area contributed by atoms with Crippen molar-refractivity contribution >= 4 is 10.0 Å². The van der Waals surface area contributed by atoms with Crippen LogP contribution in [0.5, 0.6) is 5.75 Å². The molecule has 21 heavy (non-hydrogen) atoms. The third-order valence-corrected chi connectivity index (χ3v) is 5.39. The summed E-state index contributed by atoms with van der Waals surface area (Å²) in [5, 5.41) is 0. The molecule has 5 nitrogen and oxygen atoms in total. The topological polar surface area (TPSA) is 72.6 Å². The molecule has 1 atom stereocenters. The van der Waals surface area contributed by atoms with Crippen LogP contribution in [-0.4, -0.2) is 39.5 Å². The van der Waals surface area contributed by atoms with Crippen LogP contribution in [0.25, 0.3) is 0 Å². The Morgan fingerprint density at radius 2 is 2.24 bits per heavy atom. The van der Waals surface area contributed by atoms with E-state index in [2.05, 4.69) is 18.8 Å². The van der Waals surface area contributed by atoms with Crippen LogP contribution >= 0.6 is 0 Å². The van der Waals surface area contributed by atoms with E-state index in [0.717, 1.165) is 6.42 Å². The second-order valence-corrected chi connectivity index (χ2v) is 7.03. The molecule has 6 heteroatoms. The van der Waals surface area contributed by atoms with Gasteiger partial charge in [0.2, 0.25) is 10.0 Å². The van der Waals surface area contributed by atoms with Crippen molar-refractivity contribution in [2.24, 2.45) is 11.7 Å². The monoisotopic (exact) mass is 308 g/mol. The van der Waals surface area contributed by atoms with Gasteiger partial charge in [-0.1, -0.05) is 18.8 Å². The summed E-state index contributed by atoms with van der Waals surface area (Å²) in [5.74, 6) is 6.30. The van der Waals surface area contributed by atoms with E-state index in [9.17, 15) is 8.42 Å². The normalized spacial score (nSPS) is 19.1. The molecule has 1 aromatic rings. The molecule has 0 aliphatic carbocycles. The molecule has 0 bridgehead atoms. The van der Waals surface area contributed by atoms with Crippen LogP contribution < -0.4 is 10.5 Å². The zero-order valence-electron chi connectivity index (χ0n) is 12.3. The van der Waals surface area contributed by atoms with E-state index in [-0.39, 0.29) is 11.4 Å². The van der Waals surface area contributed by atoms with E-state index in [4.69, 9.17) is 10.5 Å². The van der Waals surface area contributed by atoms with Gasteiger partial charge in [-0.2, -0.15) is 4.31 Å². The van der Waals surface area contributed by atoms with Crippen molar-refractivity contribution in [2.45, 2.75) is 18.2 Å². The van der Waals surface area contributed by atoms with Crippen molar-refractivity contribution in [3.8, 4) is 17.6 Å². The maximum atomic E-state index is 12.8. The van der Waals surface area contributed by atoms with Gasteiger partial charge >= 0.3 is 0 Å². The van der Waals surface area contributed by atoms with Gasteiger partial charge in [-0.25, -0.2) is 8.42 Å². The summed E-state index contributed by atoms with van der Waals surface area (Å²) < 4.78 is 32.2. The second-order valence-electron chi connectivity index (χ2n) is 5.13. The van der Waals surface area contributed by atoms with Crippen LogP contribution in [0.15, 0.2) is 23.1 Å². The average molecular weight is 308 g/mol. The molecular weight excluding hydrogens is 288 g/mol. The Labute approximate surface area is 126 Å². The quantitative estimate of drug-likeness (QED) is 0.847. The first kappa shape index (κ1) is 15.8. The van der Waals surface area contributed by atoms with Gasteiger partial charge in [0, 0.05) is 18.7 Å². The SMILES string of the molecule is COc1ccc(C#CCN)cc1S(=O)(=O)N1CCC(C)C1. The van der Waals surface area contributed by atoms with Crippen molar-refractivity contribution in [1.29, 1.82) is 0 Å². The molecular formula is C15H20N2O3S. The number of sulfonamides is 1. The van der Waals surface area contributed by atoms with Gasteiger partial charge in [-0.3, -0.25) is 0 Å². The smallest absolute Gasteiger partial charge is 0.246 e. The van der Waals surface area contributed by atoms with E-state index >= 15 is 0 Å². The predicted octanol–water partition coefficient (Wildman–Crippen LogP) is 1.04. The predicted molar refractivity (Wildman–Crippen MR) is 81.5 cm³/mol. The zero-order chi connectivity index (χ0) is 15.5. The Morgan fingerprint density at radius 1 is 1.48 bits per heavy atom. The molecule has 0 radical (unpaired) electrons. The van der Waals surface area contributed by atoms with Gasteiger partial charge in [0.15, 0.2) is 0 Å². The van der Waals surface area contributed by atoms with Gasteiger partial charge in [0.05, 0.1) is 13.7 Å². The number of rotatable bonds is 3. The van der Waals surface area contributed by atoms with E-state index < -0.39 is 10.0 Å². The highest BCUT2D eigenvalue weighted by Gasteiger charge is 2.32. The number of hydrogen-bond donors (Lipinski definition) is 1. The van der Waals surface area contributed by atoms with E-state index in [1.165, 1.54) is 11.4 Å². The number of methoxy groups -OCH3 is 1. The Hall–Kier alpha value is -1.55. The van der Waals surface area contributed by atoms with Crippen LogP contribution in [0.2, 0.25) is 0 Å². The number of ether oxygens (including phenoxy) is 1. The highest BCUT2D eigenvalue weighted by atomic mass is 32.2. The fourth-order valence-corrected chi connectivity index (χ4v) is 4.12. The minimum absolute atomic E-state index is 0.169. The van der Waals surface area contributed by atoms with Crippen molar-refractivity contribution in [1.82, 2.24) is 4.31 Å². The summed E-state index contributed by atoms with van der Waals surface area (Å²) in [6.07, 6.45) is 0.883. The standard InChI is InChI=1S/C15H20N2O3S/c1-12-7-9-17(11-12)21(18,19)15-10-13(4-3-8-16)5-6-14(15)20-2/h5-6,10,12H,7-9,11,16H2,1-2H3. The first-order chi connectivity index (χ1) is 9.98. The molecule has 0 spiro atoms. The van der Waals surface area contributed by atoms with Crippen LogP contribution in [0.1, 0.15) is 18.9 Å². The lowest BCUT2D eigenvalue weighted by atomic mass is 10.2. The minimum Gasteiger partial charge on any atom is -0.495 e. The molecule has 114 valence electrons. The fraction of sp³-hybridized carbons (Fsp3) is 0.467. The molecule has 1 unspecified atom stereocenters. The molecule has 2 rings (SSSR count). The third kappa shape index (κ3) is 3.38. The fourth-order valence-electron chi connectivity index (χ4n) is 2.36. The molecule has 1 fully saturated rings. The van der Waals surface area contributed by atoms with Gasteiger partial charge in [0.1, 0.15) is 10.6 Å². The molecule has 0 amide bonds. The minimum atomic E-state index is -3.55. The number of hydrogen-bond acceptors (Lipinski definition) is 4. The van der Waals surface area contributed by atoms with E-state index in [1.54, 1.807) is 18.2 Å². The maximum absolute atomic E-state index is 12.8. The second kappa shape index (κ2) is 6.48. The number of nitrogens with two attached hydrogens (primary N) is 1. The largest absolute Gasteiger partial charge is 0.495 e. The van der Waals surface area contributed by atoms with Crippen LogP contribution in [0.4, 0.5) is 0 Å². The molecule has 0 aromatic heterocycles. The van der Waals surface area contributed by atoms with Gasteiger partial charge in [-0.05, 0) is 30.5 Å².